The van der Waals surface area contributed by atoms with Crippen molar-refractivity contribution in [2.24, 2.45) is 0 Å². The fourth-order valence-electron chi connectivity index (χ4n) is 3.58. The van der Waals surface area contributed by atoms with Gasteiger partial charge in [0.1, 0.15) is 0 Å². The van der Waals surface area contributed by atoms with Crippen molar-refractivity contribution in [1.82, 2.24) is 0 Å². The molecule has 0 aliphatic carbocycles. The van der Waals surface area contributed by atoms with Crippen LogP contribution in [-0.2, 0) is 28.0 Å². The number of carboxylic acids is 1. The standard InChI is InChI=1S/C23H28O3.Li/c24-22(25)23(18-26-23)21-17-11-10-16-20(21)15-9-4-2-1-3-6-12-19-13-7-5-8-14-19;/h5,7-8,10-11,13-14,16-17H,1-4,6,9,12,15,18H2,(H,24,25);/q;+1/p-1. The average Bonchev–Trinajstić information content (AvgIpc) is 3.47. The number of carboxylic acid groups (broad SMARTS) is 1. The number of hydrogen-bond donors (Lipinski definition) is 0. The van der Waals surface area contributed by atoms with E-state index in [4.69, 9.17) is 4.74 Å². The normalized spacial score (nSPS) is 17.9. The van der Waals surface area contributed by atoms with Gasteiger partial charge in [-0.3, -0.25) is 0 Å². The van der Waals surface area contributed by atoms with E-state index in [1.165, 1.54) is 44.1 Å². The van der Waals surface area contributed by atoms with E-state index in [0.717, 1.165) is 24.0 Å². The number of benzene rings is 2. The number of epoxide rings is 1. The maximum absolute atomic E-state index is 11.4. The Hall–Kier alpha value is -1.53. The third-order valence-electron chi connectivity index (χ3n) is 5.22. The van der Waals surface area contributed by atoms with Crippen LogP contribution in [0.25, 0.3) is 0 Å². The Morgan fingerprint density at radius 3 is 2.04 bits per heavy atom. The Balaban J connectivity index is 0.00000261. The minimum absolute atomic E-state index is 0. The van der Waals surface area contributed by atoms with Crippen molar-refractivity contribution in [3.63, 3.8) is 0 Å². The van der Waals surface area contributed by atoms with E-state index in [1.807, 2.05) is 24.3 Å². The minimum atomic E-state index is -1.19. The first kappa shape index (κ1) is 21.8. The molecule has 1 aliphatic heterocycles. The van der Waals surface area contributed by atoms with Crippen molar-refractivity contribution in [2.75, 3.05) is 6.61 Å². The van der Waals surface area contributed by atoms with Crippen molar-refractivity contribution < 1.29 is 33.5 Å². The van der Waals surface area contributed by atoms with Crippen LogP contribution in [0.5, 0.6) is 0 Å². The second kappa shape index (κ2) is 10.7. The monoisotopic (exact) mass is 358 g/mol. The van der Waals surface area contributed by atoms with Gasteiger partial charge in [0.2, 0.25) is 0 Å². The smallest absolute Gasteiger partial charge is 0.547 e. The number of hydrogen-bond acceptors (Lipinski definition) is 3. The Kier molecular flexibility index (Phi) is 8.63. The molecular weight excluding hydrogens is 331 g/mol. The summed E-state index contributed by atoms with van der Waals surface area (Å²) in [6.45, 7) is 0.230. The average molecular weight is 358 g/mol. The van der Waals surface area contributed by atoms with Gasteiger partial charge in [-0.2, -0.15) is 0 Å². The quantitative estimate of drug-likeness (QED) is 0.339. The largest absolute Gasteiger partial charge is 1.00 e. The van der Waals surface area contributed by atoms with Crippen LogP contribution >= 0.6 is 0 Å². The van der Waals surface area contributed by atoms with Crippen molar-refractivity contribution in [2.45, 2.75) is 57.0 Å². The fourth-order valence-corrected chi connectivity index (χ4v) is 3.58. The summed E-state index contributed by atoms with van der Waals surface area (Å²) in [6, 6.07) is 18.4. The summed E-state index contributed by atoms with van der Waals surface area (Å²) < 4.78 is 5.23. The number of rotatable bonds is 11. The van der Waals surface area contributed by atoms with Gasteiger partial charge in [0.15, 0.2) is 5.60 Å². The number of carbonyl (C=O) groups excluding carboxylic acids is 1. The summed E-state index contributed by atoms with van der Waals surface area (Å²) in [4.78, 5) is 11.4. The predicted octanol–water partition coefficient (Wildman–Crippen LogP) is 0.792. The summed E-state index contributed by atoms with van der Waals surface area (Å²) in [5.41, 5.74) is 2.10. The minimum Gasteiger partial charge on any atom is -0.547 e. The molecule has 3 rings (SSSR count). The zero-order valence-corrected chi connectivity index (χ0v) is 16.3. The van der Waals surface area contributed by atoms with Crippen LogP contribution in [0.3, 0.4) is 0 Å². The number of ether oxygens (including phenoxy) is 1. The third-order valence-corrected chi connectivity index (χ3v) is 5.22. The van der Waals surface area contributed by atoms with Gasteiger partial charge in [0.05, 0.1) is 12.6 Å². The third kappa shape index (κ3) is 5.97. The molecule has 1 aliphatic rings. The van der Waals surface area contributed by atoms with Crippen LogP contribution < -0.4 is 24.0 Å². The van der Waals surface area contributed by atoms with Gasteiger partial charge in [0, 0.05) is 0 Å². The van der Waals surface area contributed by atoms with Crippen molar-refractivity contribution in [1.29, 1.82) is 0 Å². The first-order valence-corrected chi connectivity index (χ1v) is 9.70. The number of aryl methyl sites for hydroxylation is 2. The van der Waals surface area contributed by atoms with E-state index in [0.29, 0.717) is 0 Å². The van der Waals surface area contributed by atoms with Gasteiger partial charge in [-0.25, -0.2) is 0 Å². The Bertz CT molecular complexity index is 711. The topological polar surface area (TPSA) is 52.7 Å². The molecule has 2 aromatic carbocycles. The van der Waals surface area contributed by atoms with Crippen LogP contribution in [0.4, 0.5) is 0 Å². The molecule has 0 aromatic heterocycles. The molecule has 1 saturated heterocycles. The Morgan fingerprint density at radius 2 is 1.41 bits per heavy atom. The molecule has 0 saturated carbocycles. The zero-order chi connectivity index (χ0) is 18.2. The predicted molar refractivity (Wildman–Crippen MR) is 101 cm³/mol. The van der Waals surface area contributed by atoms with Gasteiger partial charge in [-0.15, -0.1) is 0 Å². The molecular formula is C23H27LiO3. The summed E-state index contributed by atoms with van der Waals surface area (Å²) >= 11 is 0. The molecule has 3 nitrogen and oxygen atoms in total. The van der Waals surface area contributed by atoms with Crippen LogP contribution in [0, 0.1) is 0 Å². The summed E-state index contributed by atoms with van der Waals surface area (Å²) in [6.07, 6.45) is 9.35. The van der Waals surface area contributed by atoms with Gasteiger partial charge in [-0.05, 0) is 42.4 Å². The van der Waals surface area contributed by atoms with Crippen LogP contribution in [0.15, 0.2) is 54.6 Å². The van der Waals surface area contributed by atoms with Crippen LogP contribution in [0.2, 0.25) is 0 Å². The summed E-state index contributed by atoms with van der Waals surface area (Å²) in [5.74, 6) is -1.12. The first-order chi connectivity index (χ1) is 12.7. The molecule has 0 amide bonds. The second-order valence-electron chi connectivity index (χ2n) is 7.17. The molecule has 0 spiro atoms. The second-order valence-corrected chi connectivity index (χ2v) is 7.17. The van der Waals surface area contributed by atoms with E-state index in [9.17, 15) is 9.90 Å². The maximum Gasteiger partial charge on any atom is 1.00 e. The van der Waals surface area contributed by atoms with E-state index in [-0.39, 0.29) is 25.5 Å². The SMILES string of the molecule is O=C([O-])C1(c2ccccc2CCCCCCCCc2ccccc2)CO1.[Li+]. The van der Waals surface area contributed by atoms with Gasteiger partial charge >= 0.3 is 18.9 Å². The molecule has 1 atom stereocenters. The summed E-state index contributed by atoms with van der Waals surface area (Å²) in [7, 11) is 0. The number of unbranched alkanes of at least 4 members (excludes halogenated alkanes) is 5. The molecule has 138 valence electrons. The Labute approximate surface area is 174 Å². The molecule has 1 fully saturated rings. The molecule has 1 heterocycles. The van der Waals surface area contributed by atoms with Gasteiger partial charge < -0.3 is 14.6 Å². The zero-order valence-electron chi connectivity index (χ0n) is 16.3. The molecule has 4 heteroatoms. The molecule has 27 heavy (non-hydrogen) atoms. The molecule has 0 bridgehead atoms. The number of carbonyl (C=O) groups is 1. The van der Waals surface area contributed by atoms with Crippen LogP contribution in [0.1, 0.15) is 55.2 Å². The maximum atomic E-state index is 11.4. The van der Waals surface area contributed by atoms with E-state index in [2.05, 4.69) is 30.3 Å². The first-order valence-electron chi connectivity index (χ1n) is 9.70. The van der Waals surface area contributed by atoms with E-state index < -0.39 is 11.6 Å². The van der Waals surface area contributed by atoms with E-state index in [1.54, 1.807) is 0 Å². The fraction of sp³-hybridized carbons (Fsp3) is 0.435. The molecule has 2 aromatic rings. The van der Waals surface area contributed by atoms with Gasteiger partial charge in [-0.1, -0.05) is 80.3 Å². The summed E-state index contributed by atoms with van der Waals surface area (Å²) in [5, 5.41) is 11.4. The van der Waals surface area contributed by atoms with Gasteiger partial charge in [0.25, 0.3) is 0 Å². The van der Waals surface area contributed by atoms with Crippen molar-refractivity contribution in [3.8, 4) is 0 Å². The van der Waals surface area contributed by atoms with E-state index >= 15 is 0 Å². The van der Waals surface area contributed by atoms with Crippen molar-refractivity contribution >= 4 is 5.97 Å². The Morgan fingerprint density at radius 1 is 0.852 bits per heavy atom. The van der Waals surface area contributed by atoms with Crippen molar-refractivity contribution in [3.05, 3.63) is 71.3 Å². The number of aliphatic carboxylic acids is 1. The molecule has 0 N–H and O–H groups in total. The molecule has 1 unspecified atom stereocenters. The molecule has 0 radical (unpaired) electrons. The van der Waals surface area contributed by atoms with Crippen LogP contribution in [-0.4, -0.2) is 12.6 Å².